The summed E-state index contributed by atoms with van der Waals surface area (Å²) < 4.78 is 50.4. The lowest BCUT2D eigenvalue weighted by Crippen LogP contribution is -2.61. The zero-order valence-electron chi connectivity index (χ0n) is 24.3. The molecule has 0 amide bonds. The summed E-state index contributed by atoms with van der Waals surface area (Å²) in [7, 11) is 2.10. The first-order valence-corrected chi connectivity index (χ1v) is 13.9. The summed E-state index contributed by atoms with van der Waals surface area (Å²) in [6.07, 6.45) is 5.66. The molecular formula is C29H43F3N6O. The van der Waals surface area contributed by atoms with Crippen molar-refractivity contribution < 1.29 is 17.9 Å². The van der Waals surface area contributed by atoms with Crippen molar-refractivity contribution in [3.05, 3.63) is 35.8 Å². The summed E-state index contributed by atoms with van der Waals surface area (Å²) in [6, 6.07) is 2.26. The number of halogens is 3. The average molecular weight is 549 g/mol. The van der Waals surface area contributed by atoms with Gasteiger partial charge in [0.05, 0.1) is 6.20 Å². The second-order valence-electron chi connectivity index (χ2n) is 12.9. The van der Waals surface area contributed by atoms with Crippen molar-refractivity contribution >= 4 is 17.5 Å². The van der Waals surface area contributed by atoms with Gasteiger partial charge in [-0.2, -0.15) is 4.98 Å². The first-order valence-electron chi connectivity index (χ1n) is 13.9. The van der Waals surface area contributed by atoms with Crippen LogP contribution in [0.3, 0.4) is 0 Å². The van der Waals surface area contributed by atoms with E-state index in [1.807, 2.05) is 13.8 Å². The fourth-order valence-corrected chi connectivity index (χ4v) is 5.81. The van der Waals surface area contributed by atoms with E-state index < -0.39 is 28.8 Å². The number of likely N-dealkylation sites (tertiary alicyclic amines) is 2. The summed E-state index contributed by atoms with van der Waals surface area (Å²) in [4.78, 5) is 12.9. The first kappa shape index (κ1) is 29.4. The molecule has 0 aliphatic carbocycles. The maximum absolute atomic E-state index is 15.0. The summed E-state index contributed by atoms with van der Waals surface area (Å²) in [5.41, 5.74) is -0.819. The lowest BCUT2D eigenvalue weighted by molar-refractivity contribution is -0.00778. The molecule has 0 bridgehead atoms. The van der Waals surface area contributed by atoms with Crippen LogP contribution >= 0.6 is 0 Å². The Kier molecular flexibility index (Phi) is 8.38. The van der Waals surface area contributed by atoms with Crippen LogP contribution in [0.2, 0.25) is 0 Å². The van der Waals surface area contributed by atoms with Gasteiger partial charge in [0.1, 0.15) is 5.60 Å². The molecular weight excluding hydrogens is 505 g/mol. The first-order chi connectivity index (χ1) is 18.1. The topological polar surface area (TPSA) is 65.6 Å². The maximum atomic E-state index is 15.0. The molecule has 0 unspecified atom stereocenters. The molecule has 10 heteroatoms. The molecule has 3 heterocycles. The summed E-state index contributed by atoms with van der Waals surface area (Å²) in [5.74, 6) is -2.58. The molecule has 2 aliphatic heterocycles. The highest BCUT2D eigenvalue weighted by atomic mass is 19.1. The molecule has 0 spiro atoms. The number of anilines is 3. The van der Waals surface area contributed by atoms with Crippen LogP contribution in [0.25, 0.3) is 0 Å². The molecule has 2 N–H and O–H groups in total. The molecule has 4 rings (SSSR count). The smallest absolute Gasteiger partial charge is 0.229 e. The number of rotatable bonds is 9. The van der Waals surface area contributed by atoms with Gasteiger partial charge in [0, 0.05) is 41.5 Å². The van der Waals surface area contributed by atoms with Gasteiger partial charge in [0.15, 0.2) is 29.0 Å². The van der Waals surface area contributed by atoms with E-state index in [-0.39, 0.29) is 34.6 Å². The molecule has 0 atom stereocenters. The average Bonchev–Trinajstić information content (AvgIpc) is 3.34. The Morgan fingerprint density at radius 3 is 2.18 bits per heavy atom. The van der Waals surface area contributed by atoms with Crippen molar-refractivity contribution in [2.24, 2.45) is 0 Å². The van der Waals surface area contributed by atoms with Gasteiger partial charge in [0.25, 0.3) is 0 Å². The minimum Gasteiger partial charge on any atom is -0.482 e. The van der Waals surface area contributed by atoms with Crippen LogP contribution in [0, 0.1) is 17.5 Å². The van der Waals surface area contributed by atoms with Gasteiger partial charge in [-0.05, 0) is 93.8 Å². The highest BCUT2D eigenvalue weighted by molar-refractivity contribution is 5.57. The number of benzene rings is 1. The summed E-state index contributed by atoms with van der Waals surface area (Å²) in [6.45, 7) is 15.2. The van der Waals surface area contributed by atoms with E-state index in [0.717, 1.165) is 50.8 Å². The van der Waals surface area contributed by atoms with Gasteiger partial charge < -0.3 is 20.3 Å². The molecule has 2 fully saturated rings. The molecule has 0 radical (unpaired) electrons. The van der Waals surface area contributed by atoms with E-state index in [1.54, 1.807) is 0 Å². The van der Waals surface area contributed by atoms with Gasteiger partial charge in [-0.15, -0.1) is 0 Å². The molecule has 39 heavy (non-hydrogen) atoms. The zero-order valence-corrected chi connectivity index (χ0v) is 24.3. The molecule has 2 aromatic rings. The Balaban J connectivity index is 1.44. The Morgan fingerprint density at radius 2 is 1.59 bits per heavy atom. The second kappa shape index (κ2) is 11.1. The van der Waals surface area contributed by atoms with Gasteiger partial charge in [-0.25, -0.2) is 18.2 Å². The van der Waals surface area contributed by atoms with Crippen molar-refractivity contribution in [3.8, 4) is 5.75 Å². The number of nitrogens with one attached hydrogen (secondary N) is 2. The van der Waals surface area contributed by atoms with Gasteiger partial charge in [-0.1, -0.05) is 0 Å². The van der Waals surface area contributed by atoms with E-state index in [9.17, 15) is 13.2 Å². The van der Waals surface area contributed by atoms with Gasteiger partial charge >= 0.3 is 0 Å². The number of piperidine rings is 1. The number of hydrogen-bond acceptors (Lipinski definition) is 7. The molecule has 7 nitrogen and oxygen atoms in total. The summed E-state index contributed by atoms with van der Waals surface area (Å²) >= 11 is 0. The third kappa shape index (κ3) is 7.14. The van der Waals surface area contributed by atoms with Crippen LogP contribution in [0.15, 0.2) is 18.3 Å². The highest BCUT2D eigenvalue weighted by Gasteiger charge is 2.43. The van der Waals surface area contributed by atoms with Gasteiger partial charge in [0.2, 0.25) is 5.95 Å². The zero-order chi connectivity index (χ0) is 28.6. The van der Waals surface area contributed by atoms with Crippen LogP contribution in [0.1, 0.15) is 73.6 Å². The maximum Gasteiger partial charge on any atom is 0.229 e. The van der Waals surface area contributed by atoms with Crippen molar-refractivity contribution in [1.82, 2.24) is 19.8 Å². The fourth-order valence-electron chi connectivity index (χ4n) is 5.81. The minimum atomic E-state index is -0.831. The Hall–Kier alpha value is -2.59. The van der Waals surface area contributed by atoms with Crippen molar-refractivity contribution in [2.75, 3.05) is 37.3 Å². The van der Waals surface area contributed by atoms with E-state index in [1.165, 1.54) is 12.8 Å². The van der Waals surface area contributed by atoms with E-state index >= 15 is 0 Å². The molecule has 2 aliphatic rings. The number of ether oxygens (including phenoxy) is 1. The number of aromatic nitrogens is 2. The van der Waals surface area contributed by atoms with Crippen LogP contribution in [0.5, 0.6) is 5.75 Å². The van der Waals surface area contributed by atoms with Crippen molar-refractivity contribution in [1.29, 1.82) is 0 Å². The lowest BCUT2D eigenvalue weighted by atomic mass is 9.77. The standard InChI is InChI=1S/C29H43F3N6O/c1-27(2)16-20(17-28(3,4)37(27)7)34-25-23(32)18-33-26(36-25)35-19-14-21(30)24(22(31)15-19)39-29(5,6)10-13-38-11-8-9-12-38/h14-15,18,20H,8-13,16-17H2,1-7H3,(H2,33,34,35,36). The Morgan fingerprint density at radius 1 is 1.00 bits per heavy atom. The van der Waals surface area contributed by atoms with Crippen LogP contribution in [-0.2, 0) is 0 Å². The van der Waals surface area contributed by atoms with E-state index in [4.69, 9.17) is 4.74 Å². The third-order valence-corrected chi connectivity index (χ3v) is 8.25. The van der Waals surface area contributed by atoms with E-state index in [2.05, 4.69) is 65.1 Å². The van der Waals surface area contributed by atoms with Crippen LogP contribution in [-0.4, -0.2) is 69.2 Å². The lowest BCUT2D eigenvalue weighted by Gasteiger charge is -2.53. The van der Waals surface area contributed by atoms with Gasteiger partial charge in [-0.3, -0.25) is 4.90 Å². The normalized spacial score (nSPS) is 20.3. The largest absolute Gasteiger partial charge is 0.482 e. The fraction of sp³-hybridized carbons (Fsp3) is 0.655. The van der Waals surface area contributed by atoms with Crippen LogP contribution < -0.4 is 15.4 Å². The molecule has 0 saturated carbocycles. The monoisotopic (exact) mass is 548 g/mol. The molecule has 1 aromatic carbocycles. The predicted molar refractivity (Wildman–Crippen MR) is 149 cm³/mol. The quantitative estimate of drug-likeness (QED) is 0.379. The van der Waals surface area contributed by atoms with Crippen molar-refractivity contribution in [3.63, 3.8) is 0 Å². The Labute approximate surface area is 230 Å². The predicted octanol–water partition coefficient (Wildman–Crippen LogP) is 6.34. The SMILES string of the molecule is CN1C(C)(C)CC(Nc2nc(Nc3cc(F)c(OC(C)(C)CCN4CCCC4)c(F)c3)ncc2F)CC1(C)C. The highest BCUT2D eigenvalue weighted by Crippen LogP contribution is 2.38. The molecule has 1 aromatic heterocycles. The number of hydrogen-bond donors (Lipinski definition) is 2. The second-order valence-corrected chi connectivity index (χ2v) is 12.9. The molecule has 2 saturated heterocycles. The minimum absolute atomic E-state index is 0.0106. The molecule has 216 valence electrons. The van der Waals surface area contributed by atoms with Crippen LogP contribution in [0.4, 0.5) is 30.6 Å². The number of nitrogens with zero attached hydrogens (tertiary/aromatic N) is 4. The van der Waals surface area contributed by atoms with Crippen molar-refractivity contribution in [2.45, 2.75) is 96.4 Å². The van der Waals surface area contributed by atoms with E-state index in [0.29, 0.717) is 6.42 Å². The third-order valence-electron chi connectivity index (χ3n) is 8.25. The summed E-state index contributed by atoms with van der Waals surface area (Å²) in [5, 5.41) is 6.04. The Bertz CT molecular complexity index is 1120.